The molecule has 0 bridgehead atoms. The summed E-state index contributed by atoms with van der Waals surface area (Å²) in [5.41, 5.74) is 2.49. The van der Waals surface area contributed by atoms with E-state index >= 15 is 0 Å². The molecule has 0 atom stereocenters. The summed E-state index contributed by atoms with van der Waals surface area (Å²) in [6, 6.07) is 0. The van der Waals surface area contributed by atoms with Crippen LogP contribution in [0.25, 0.3) is 0 Å². The van der Waals surface area contributed by atoms with Gasteiger partial charge in [-0.05, 0) is 31.3 Å². The molecule has 0 saturated heterocycles. The Bertz CT molecular complexity index is 186. The Morgan fingerprint density at radius 1 is 1.33 bits per heavy atom. The van der Waals surface area contributed by atoms with Gasteiger partial charge in [0.1, 0.15) is 0 Å². The molecule has 0 aromatic carbocycles. The number of rotatable bonds is 1. The molecule has 1 rings (SSSR count). The fourth-order valence-corrected chi connectivity index (χ4v) is 1.35. The van der Waals surface area contributed by atoms with Gasteiger partial charge in [0.25, 0.3) is 0 Å². The van der Waals surface area contributed by atoms with Crippen molar-refractivity contribution in [2.45, 2.75) is 25.7 Å². The average Bonchev–Trinajstić information content (AvgIpc) is 2.13. The van der Waals surface area contributed by atoms with E-state index in [1.54, 1.807) is 0 Å². The molecular formula is C11H16O. The highest BCUT2D eigenvalue weighted by molar-refractivity contribution is 5.29. The Hall–Kier alpha value is -1.00. The molecule has 0 radical (unpaired) electrons. The van der Waals surface area contributed by atoms with Crippen molar-refractivity contribution in [3.63, 3.8) is 0 Å². The molecule has 0 aliphatic heterocycles. The van der Waals surface area contributed by atoms with Crippen LogP contribution in [0.3, 0.4) is 0 Å². The van der Waals surface area contributed by atoms with Crippen molar-refractivity contribution in [3.8, 4) is 12.8 Å². The minimum Gasteiger partial charge on any atom is -0.392 e. The van der Waals surface area contributed by atoms with E-state index in [4.69, 9.17) is 5.11 Å². The lowest BCUT2D eigenvalue weighted by molar-refractivity contribution is 0.341. The fraction of sp³-hybridized carbons (Fsp3) is 0.455. The molecule has 1 nitrogen and oxygen atoms in total. The molecule has 0 unspecified atom stereocenters. The Morgan fingerprint density at radius 3 is 2.42 bits per heavy atom. The first-order valence-electron chi connectivity index (χ1n) is 4.16. The number of allylic oxidation sites excluding steroid dienone is 2. The molecule has 66 valence electrons. The largest absolute Gasteiger partial charge is 0.392 e. The molecule has 12 heavy (non-hydrogen) atoms. The van der Waals surface area contributed by atoms with E-state index in [1.165, 1.54) is 24.0 Å². The first-order valence-corrected chi connectivity index (χ1v) is 4.16. The number of aliphatic hydroxyl groups excluding tert-OH is 1. The molecule has 1 fully saturated rings. The number of hydrogen-bond donors (Lipinski definition) is 1. The molecule has 0 aromatic rings. The lowest BCUT2D eigenvalue weighted by atomic mass is 9.91. The van der Waals surface area contributed by atoms with Crippen LogP contribution in [-0.4, -0.2) is 11.7 Å². The van der Waals surface area contributed by atoms with E-state index < -0.39 is 0 Å². The normalized spacial score (nSPS) is 19.9. The molecule has 1 aliphatic rings. The first kappa shape index (κ1) is 11.0. The van der Waals surface area contributed by atoms with E-state index in [9.17, 15) is 0 Å². The van der Waals surface area contributed by atoms with Crippen LogP contribution in [0.5, 0.6) is 0 Å². The van der Waals surface area contributed by atoms with Crippen LogP contribution in [0.15, 0.2) is 23.8 Å². The van der Waals surface area contributed by atoms with Gasteiger partial charge < -0.3 is 5.11 Å². The Balaban J connectivity index is 0.000000561. The number of terminal acetylenes is 1. The van der Waals surface area contributed by atoms with Gasteiger partial charge >= 0.3 is 0 Å². The van der Waals surface area contributed by atoms with E-state index in [2.05, 4.69) is 19.4 Å². The van der Waals surface area contributed by atoms with Crippen molar-refractivity contribution >= 4 is 0 Å². The van der Waals surface area contributed by atoms with Crippen molar-refractivity contribution in [2.24, 2.45) is 0 Å². The lowest BCUT2D eigenvalue weighted by Gasteiger charge is -2.15. The van der Waals surface area contributed by atoms with Gasteiger partial charge in [0.15, 0.2) is 0 Å². The maximum atomic E-state index is 8.62. The fourth-order valence-electron chi connectivity index (χ4n) is 1.35. The summed E-state index contributed by atoms with van der Waals surface area (Å²) < 4.78 is 0. The SMILES string of the molecule is C#C.C=C1CCCC/C1=C/CO. The summed E-state index contributed by atoms with van der Waals surface area (Å²) in [5, 5.41) is 8.62. The van der Waals surface area contributed by atoms with Crippen LogP contribution < -0.4 is 0 Å². The Labute approximate surface area is 74.8 Å². The van der Waals surface area contributed by atoms with Gasteiger partial charge in [0.05, 0.1) is 6.61 Å². The van der Waals surface area contributed by atoms with Crippen LogP contribution in [0.1, 0.15) is 25.7 Å². The highest BCUT2D eigenvalue weighted by Gasteiger charge is 2.07. The van der Waals surface area contributed by atoms with Crippen LogP contribution >= 0.6 is 0 Å². The molecule has 1 saturated carbocycles. The predicted molar refractivity (Wildman–Crippen MR) is 52.7 cm³/mol. The zero-order valence-corrected chi connectivity index (χ0v) is 7.42. The highest BCUT2D eigenvalue weighted by Crippen LogP contribution is 2.26. The van der Waals surface area contributed by atoms with Gasteiger partial charge in [-0.25, -0.2) is 0 Å². The first-order chi connectivity index (χ1) is 5.84. The average molecular weight is 164 g/mol. The van der Waals surface area contributed by atoms with Gasteiger partial charge in [0, 0.05) is 0 Å². The zero-order chi connectivity index (χ0) is 9.40. The van der Waals surface area contributed by atoms with Crippen LogP contribution in [0.2, 0.25) is 0 Å². The topological polar surface area (TPSA) is 20.2 Å². The third-order valence-corrected chi connectivity index (χ3v) is 1.97. The Morgan fingerprint density at radius 2 is 1.92 bits per heavy atom. The summed E-state index contributed by atoms with van der Waals surface area (Å²) in [6.07, 6.45) is 14.6. The maximum Gasteiger partial charge on any atom is 0.0618 e. The molecule has 0 spiro atoms. The summed E-state index contributed by atoms with van der Waals surface area (Å²) in [7, 11) is 0. The van der Waals surface area contributed by atoms with Crippen molar-refractivity contribution in [1.82, 2.24) is 0 Å². The van der Waals surface area contributed by atoms with Crippen molar-refractivity contribution in [3.05, 3.63) is 23.8 Å². The van der Waals surface area contributed by atoms with Crippen LogP contribution in [0.4, 0.5) is 0 Å². The quantitative estimate of drug-likeness (QED) is 0.589. The van der Waals surface area contributed by atoms with E-state index in [1.807, 2.05) is 6.08 Å². The molecule has 1 aliphatic carbocycles. The maximum absolute atomic E-state index is 8.62. The molecule has 0 heterocycles. The summed E-state index contributed by atoms with van der Waals surface area (Å²) in [5.74, 6) is 0. The van der Waals surface area contributed by atoms with Gasteiger partial charge in [-0.15, -0.1) is 12.8 Å². The van der Waals surface area contributed by atoms with Crippen LogP contribution in [0, 0.1) is 12.8 Å². The van der Waals surface area contributed by atoms with Crippen molar-refractivity contribution in [1.29, 1.82) is 0 Å². The molecule has 0 aromatic heterocycles. The molecule has 1 N–H and O–H groups in total. The number of hydrogen-bond acceptors (Lipinski definition) is 1. The lowest BCUT2D eigenvalue weighted by Crippen LogP contribution is -1.97. The van der Waals surface area contributed by atoms with Gasteiger partial charge in [-0.1, -0.05) is 18.2 Å². The van der Waals surface area contributed by atoms with Gasteiger partial charge in [0.2, 0.25) is 0 Å². The molecule has 1 heteroatoms. The molecular weight excluding hydrogens is 148 g/mol. The third-order valence-electron chi connectivity index (χ3n) is 1.97. The second-order valence-corrected chi connectivity index (χ2v) is 2.72. The predicted octanol–water partition coefficient (Wildman–Crippen LogP) is 2.28. The van der Waals surface area contributed by atoms with E-state index in [-0.39, 0.29) is 6.61 Å². The van der Waals surface area contributed by atoms with Crippen LogP contribution in [-0.2, 0) is 0 Å². The zero-order valence-electron chi connectivity index (χ0n) is 7.42. The summed E-state index contributed by atoms with van der Waals surface area (Å²) >= 11 is 0. The Kier molecular flexibility index (Phi) is 6.14. The van der Waals surface area contributed by atoms with Crippen molar-refractivity contribution in [2.75, 3.05) is 6.61 Å². The summed E-state index contributed by atoms with van der Waals surface area (Å²) in [6.45, 7) is 4.10. The minimum absolute atomic E-state index is 0.161. The summed E-state index contributed by atoms with van der Waals surface area (Å²) in [4.78, 5) is 0. The highest BCUT2D eigenvalue weighted by atomic mass is 16.2. The van der Waals surface area contributed by atoms with E-state index in [0.29, 0.717) is 0 Å². The molecule has 0 amide bonds. The monoisotopic (exact) mass is 164 g/mol. The second kappa shape index (κ2) is 6.69. The third kappa shape index (κ3) is 3.41. The number of aliphatic hydroxyl groups is 1. The van der Waals surface area contributed by atoms with Gasteiger partial charge in [-0.3, -0.25) is 0 Å². The second-order valence-electron chi connectivity index (χ2n) is 2.72. The smallest absolute Gasteiger partial charge is 0.0618 e. The van der Waals surface area contributed by atoms with Gasteiger partial charge in [-0.2, -0.15) is 0 Å². The van der Waals surface area contributed by atoms with E-state index in [0.717, 1.165) is 12.8 Å². The van der Waals surface area contributed by atoms with Crippen molar-refractivity contribution < 1.29 is 5.11 Å². The standard InChI is InChI=1S/C9H14O.C2H2/c1-8-4-2-3-5-9(8)6-7-10;1-2/h6,10H,1-5,7H2;1-2H/b9-6-;. The minimum atomic E-state index is 0.161.